The normalized spacial score (nSPS) is 34.4. The molecule has 0 aliphatic carbocycles. The van der Waals surface area contributed by atoms with Crippen LogP contribution < -0.4 is 0 Å². The van der Waals surface area contributed by atoms with E-state index in [2.05, 4.69) is 0 Å². The quantitative estimate of drug-likeness (QED) is 0.767. The summed E-state index contributed by atoms with van der Waals surface area (Å²) >= 11 is 0. The molecule has 3 aliphatic heterocycles. The van der Waals surface area contributed by atoms with Gasteiger partial charge in [-0.1, -0.05) is 0 Å². The molecule has 0 aromatic carbocycles. The third-order valence-corrected chi connectivity index (χ3v) is 4.35. The molecular formula is C13H20N2O4. The van der Waals surface area contributed by atoms with Gasteiger partial charge >= 0.3 is 12.0 Å². The number of ether oxygens (including phenoxy) is 1. The zero-order chi connectivity index (χ0) is 13.4. The Morgan fingerprint density at radius 1 is 1.05 bits per heavy atom. The third-order valence-electron chi connectivity index (χ3n) is 4.35. The second-order valence-electron chi connectivity index (χ2n) is 5.69. The fraction of sp³-hybridized carbons (Fsp3) is 0.846. The van der Waals surface area contributed by atoms with E-state index in [9.17, 15) is 14.7 Å². The molecule has 6 nitrogen and oxygen atoms in total. The van der Waals surface area contributed by atoms with E-state index in [-0.39, 0.29) is 18.2 Å². The number of hydrogen-bond donors (Lipinski definition) is 1. The molecule has 3 aliphatic rings. The Bertz CT molecular complexity index is 375. The summed E-state index contributed by atoms with van der Waals surface area (Å²) in [6.45, 7) is 1.78. The van der Waals surface area contributed by atoms with Gasteiger partial charge in [-0.3, -0.25) is 0 Å². The van der Waals surface area contributed by atoms with Gasteiger partial charge in [-0.25, -0.2) is 9.59 Å². The van der Waals surface area contributed by atoms with Gasteiger partial charge in [-0.05, 0) is 32.1 Å². The van der Waals surface area contributed by atoms with Crippen LogP contribution in [0.25, 0.3) is 0 Å². The Morgan fingerprint density at radius 3 is 2.37 bits per heavy atom. The van der Waals surface area contributed by atoms with Gasteiger partial charge < -0.3 is 19.6 Å². The molecule has 106 valence electrons. The van der Waals surface area contributed by atoms with Gasteiger partial charge in [0.25, 0.3) is 0 Å². The lowest BCUT2D eigenvalue weighted by Crippen LogP contribution is -2.56. The van der Waals surface area contributed by atoms with Crippen LogP contribution >= 0.6 is 0 Å². The Labute approximate surface area is 112 Å². The molecule has 3 heterocycles. The van der Waals surface area contributed by atoms with E-state index in [1.807, 2.05) is 0 Å². The zero-order valence-electron chi connectivity index (χ0n) is 11.0. The van der Waals surface area contributed by atoms with Crippen LogP contribution in [-0.2, 0) is 9.53 Å². The number of carbonyl (C=O) groups is 2. The average molecular weight is 268 g/mol. The maximum Gasteiger partial charge on any atom is 0.326 e. The minimum absolute atomic E-state index is 0.118. The number of piperidine rings is 1. The van der Waals surface area contributed by atoms with Crippen molar-refractivity contribution in [3.8, 4) is 0 Å². The molecule has 2 bridgehead atoms. The fourth-order valence-electron chi connectivity index (χ4n) is 3.37. The number of carbonyl (C=O) groups excluding carboxylic acids is 1. The lowest BCUT2D eigenvalue weighted by atomic mass is 10.0. The Hall–Kier alpha value is -1.30. The lowest BCUT2D eigenvalue weighted by molar-refractivity contribution is -0.143. The minimum Gasteiger partial charge on any atom is -0.480 e. The molecule has 1 N–H and O–H groups in total. The largest absolute Gasteiger partial charge is 0.480 e. The molecule has 6 heteroatoms. The highest BCUT2D eigenvalue weighted by Gasteiger charge is 2.40. The van der Waals surface area contributed by atoms with Gasteiger partial charge in [0.15, 0.2) is 0 Å². The molecule has 2 amide bonds. The minimum atomic E-state index is -0.885. The van der Waals surface area contributed by atoms with Crippen LogP contribution in [0.3, 0.4) is 0 Å². The lowest BCUT2D eigenvalue weighted by Gasteiger charge is -2.39. The highest BCUT2D eigenvalue weighted by atomic mass is 16.5. The standard InChI is InChI=1S/C13H20N2O4/c16-12(17)11-3-1-2-6-15(11)13(18)14-7-9-4-5-10(8-14)19-9/h9-11H,1-8H2,(H,16,17). The fourth-order valence-corrected chi connectivity index (χ4v) is 3.37. The van der Waals surface area contributed by atoms with E-state index in [0.29, 0.717) is 26.1 Å². The first-order valence-electron chi connectivity index (χ1n) is 7.09. The summed E-state index contributed by atoms with van der Waals surface area (Å²) in [6, 6.07) is -0.769. The number of carboxylic acids is 1. The van der Waals surface area contributed by atoms with Crippen molar-refractivity contribution in [1.29, 1.82) is 0 Å². The molecule has 19 heavy (non-hydrogen) atoms. The smallest absolute Gasteiger partial charge is 0.326 e. The Balaban J connectivity index is 1.69. The van der Waals surface area contributed by atoms with E-state index in [0.717, 1.165) is 25.7 Å². The van der Waals surface area contributed by atoms with Crippen molar-refractivity contribution >= 4 is 12.0 Å². The maximum absolute atomic E-state index is 12.5. The second-order valence-corrected chi connectivity index (χ2v) is 5.69. The van der Waals surface area contributed by atoms with Gasteiger partial charge in [-0.15, -0.1) is 0 Å². The van der Waals surface area contributed by atoms with Crippen molar-refractivity contribution in [3.05, 3.63) is 0 Å². The molecule has 0 aromatic rings. The summed E-state index contributed by atoms with van der Waals surface area (Å²) in [6.07, 6.45) is 4.67. The summed E-state index contributed by atoms with van der Waals surface area (Å²) in [5, 5.41) is 9.24. The van der Waals surface area contributed by atoms with Crippen LogP contribution in [0.15, 0.2) is 0 Å². The van der Waals surface area contributed by atoms with Crippen molar-refractivity contribution in [2.24, 2.45) is 0 Å². The van der Waals surface area contributed by atoms with Crippen molar-refractivity contribution < 1.29 is 19.4 Å². The maximum atomic E-state index is 12.5. The summed E-state index contributed by atoms with van der Waals surface area (Å²) in [5.74, 6) is -0.885. The highest BCUT2D eigenvalue weighted by Crippen LogP contribution is 2.28. The van der Waals surface area contributed by atoms with Gasteiger partial charge in [0.05, 0.1) is 12.2 Å². The molecule has 3 unspecified atom stereocenters. The third kappa shape index (κ3) is 2.41. The number of aliphatic carboxylic acids is 1. The van der Waals surface area contributed by atoms with Crippen LogP contribution in [0.2, 0.25) is 0 Å². The number of morpholine rings is 1. The van der Waals surface area contributed by atoms with Gasteiger partial charge in [0, 0.05) is 19.6 Å². The molecular weight excluding hydrogens is 248 g/mol. The SMILES string of the molecule is O=C(O)C1CCCCN1C(=O)N1CC2CCC(C1)O2. The first-order chi connectivity index (χ1) is 9.15. The molecule has 3 fully saturated rings. The first kappa shape index (κ1) is 12.7. The molecule has 0 radical (unpaired) electrons. The summed E-state index contributed by atoms with van der Waals surface area (Å²) in [7, 11) is 0. The number of fused-ring (bicyclic) bond motifs is 2. The van der Waals surface area contributed by atoms with Crippen LogP contribution in [0.4, 0.5) is 4.79 Å². The van der Waals surface area contributed by atoms with Crippen molar-refractivity contribution in [3.63, 3.8) is 0 Å². The van der Waals surface area contributed by atoms with Gasteiger partial charge in [-0.2, -0.15) is 0 Å². The second kappa shape index (κ2) is 5.00. The molecule has 0 saturated carbocycles. The Kier molecular flexibility index (Phi) is 3.35. The summed E-state index contributed by atoms with van der Waals surface area (Å²) in [5.41, 5.74) is 0. The van der Waals surface area contributed by atoms with Gasteiger partial charge in [0.2, 0.25) is 0 Å². The molecule has 3 saturated heterocycles. The average Bonchev–Trinajstić information content (AvgIpc) is 2.76. The summed E-state index contributed by atoms with van der Waals surface area (Å²) < 4.78 is 5.71. The van der Waals surface area contributed by atoms with E-state index < -0.39 is 12.0 Å². The highest BCUT2D eigenvalue weighted by molar-refractivity contribution is 5.83. The number of urea groups is 1. The Morgan fingerprint density at radius 2 is 1.74 bits per heavy atom. The van der Waals surface area contributed by atoms with Crippen LogP contribution in [0, 0.1) is 0 Å². The van der Waals surface area contributed by atoms with Crippen LogP contribution in [-0.4, -0.2) is 64.8 Å². The number of amides is 2. The number of rotatable bonds is 1. The predicted octanol–water partition coefficient (Wildman–Crippen LogP) is 0.909. The van der Waals surface area contributed by atoms with E-state index in [4.69, 9.17) is 4.74 Å². The first-order valence-corrected chi connectivity index (χ1v) is 7.09. The van der Waals surface area contributed by atoms with Gasteiger partial charge in [0.1, 0.15) is 6.04 Å². The number of carboxylic acid groups (broad SMARTS) is 1. The van der Waals surface area contributed by atoms with Crippen molar-refractivity contribution in [2.75, 3.05) is 19.6 Å². The van der Waals surface area contributed by atoms with Crippen LogP contribution in [0.5, 0.6) is 0 Å². The van der Waals surface area contributed by atoms with E-state index in [1.165, 1.54) is 4.90 Å². The number of nitrogens with zero attached hydrogens (tertiary/aromatic N) is 2. The van der Waals surface area contributed by atoms with E-state index >= 15 is 0 Å². The summed E-state index contributed by atoms with van der Waals surface area (Å²) in [4.78, 5) is 27.1. The molecule has 0 spiro atoms. The zero-order valence-corrected chi connectivity index (χ0v) is 11.0. The molecule has 3 atom stereocenters. The van der Waals surface area contributed by atoms with E-state index in [1.54, 1.807) is 4.90 Å². The molecule has 3 rings (SSSR count). The van der Waals surface area contributed by atoms with Crippen molar-refractivity contribution in [1.82, 2.24) is 9.80 Å². The predicted molar refractivity (Wildman–Crippen MR) is 66.8 cm³/mol. The van der Waals surface area contributed by atoms with Crippen molar-refractivity contribution in [2.45, 2.75) is 50.4 Å². The topological polar surface area (TPSA) is 70.1 Å². The number of hydrogen-bond acceptors (Lipinski definition) is 3. The number of likely N-dealkylation sites (tertiary alicyclic amines) is 2. The van der Waals surface area contributed by atoms with Crippen LogP contribution in [0.1, 0.15) is 32.1 Å². The monoisotopic (exact) mass is 268 g/mol. The molecule has 0 aromatic heterocycles.